The quantitative estimate of drug-likeness (QED) is 0.663. The molecular formula is C9H11F3N2O3S. The SMILES string of the molecule is CN(Cc1csc([N+](=O)[O-])c1)CC(O)C(F)(F)F. The molecule has 1 rings (SSSR count). The summed E-state index contributed by atoms with van der Waals surface area (Å²) in [6.07, 6.45) is -7.08. The van der Waals surface area contributed by atoms with Crippen LogP contribution in [0.1, 0.15) is 5.56 Å². The predicted molar refractivity (Wildman–Crippen MR) is 59.4 cm³/mol. The molecule has 18 heavy (non-hydrogen) atoms. The van der Waals surface area contributed by atoms with Crippen LogP contribution in [0.3, 0.4) is 0 Å². The van der Waals surface area contributed by atoms with Gasteiger partial charge in [0.05, 0.1) is 4.92 Å². The van der Waals surface area contributed by atoms with Crippen LogP contribution in [0.4, 0.5) is 18.2 Å². The molecule has 0 spiro atoms. The molecule has 102 valence electrons. The Labute approximate surface area is 105 Å². The minimum absolute atomic E-state index is 0.0604. The van der Waals surface area contributed by atoms with Gasteiger partial charge in [-0.3, -0.25) is 15.0 Å². The smallest absolute Gasteiger partial charge is 0.382 e. The first kappa shape index (κ1) is 14.9. The van der Waals surface area contributed by atoms with Crippen LogP contribution in [-0.4, -0.2) is 40.8 Å². The van der Waals surface area contributed by atoms with Crippen LogP contribution in [0.15, 0.2) is 11.4 Å². The number of halogens is 3. The minimum Gasteiger partial charge on any atom is -0.382 e. The summed E-state index contributed by atoms with van der Waals surface area (Å²) in [6, 6.07) is 1.31. The zero-order chi connectivity index (χ0) is 13.9. The summed E-state index contributed by atoms with van der Waals surface area (Å²) < 4.78 is 36.3. The summed E-state index contributed by atoms with van der Waals surface area (Å²) >= 11 is 0.914. The molecule has 1 N–H and O–H groups in total. The number of aliphatic hydroxyl groups excluding tert-OH is 1. The van der Waals surface area contributed by atoms with Crippen molar-refractivity contribution in [1.82, 2.24) is 4.90 Å². The minimum atomic E-state index is -4.66. The summed E-state index contributed by atoms with van der Waals surface area (Å²) in [5.74, 6) is 0. The van der Waals surface area contributed by atoms with Gasteiger partial charge < -0.3 is 5.11 Å². The van der Waals surface area contributed by atoms with E-state index in [0.717, 1.165) is 11.3 Å². The largest absolute Gasteiger partial charge is 0.415 e. The van der Waals surface area contributed by atoms with Crippen molar-refractivity contribution in [2.24, 2.45) is 0 Å². The number of alkyl halides is 3. The molecule has 0 radical (unpaired) electrons. The first-order chi connectivity index (χ1) is 8.20. The van der Waals surface area contributed by atoms with Crippen LogP contribution < -0.4 is 0 Å². The van der Waals surface area contributed by atoms with Crippen LogP contribution in [0.2, 0.25) is 0 Å². The molecule has 5 nitrogen and oxygen atoms in total. The standard InChI is InChI=1S/C9H11F3N2O3S/c1-13(4-7(15)9(10,11)12)3-6-2-8(14(16)17)18-5-6/h2,5,7,15H,3-4H2,1H3. The van der Waals surface area contributed by atoms with E-state index in [9.17, 15) is 23.3 Å². The van der Waals surface area contributed by atoms with E-state index in [4.69, 9.17) is 5.11 Å². The Kier molecular flexibility index (Phi) is 4.65. The first-order valence-electron chi connectivity index (χ1n) is 4.85. The summed E-state index contributed by atoms with van der Waals surface area (Å²) in [5.41, 5.74) is 0.545. The van der Waals surface area contributed by atoms with Crippen LogP contribution >= 0.6 is 11.3 Å². The third kappa shape index (κ3) is 4.24. The molecule has 1 aromatic rings. The van der Waals surface area contributed by atoms with E-state index in [2.05, 4.69) is 0 Å². The second-order valence-electron chi connectivity index (χ2n) is 3.80. The average Bonchev–Trinajstić information content (AvgIpc) is 2.64. The van der Waals surface area contributed by atoms with Crippen molar-refractivity contribution in [2.75, 3.05) is 13.6 Å². The first-order valence-corrected chi connectivity index (χ1v) is 5.73. The second kappa shape index (κ2) is 5.63. The molecule has 0 aliphatic carbocycles. The molecule has 0 saturated heterocycles. The van der Waals surface area contributed by atoms with Gasteiger partial charge in [-0.25, -0.2) is 0 Å². The highest BCUT2D eigenvalue weighted by atomic mass is 32.1. The lowest BCUT2D eigenvalue weighted by atomic mass is 10.2. The van der Waals surface area contributed by atoms with Crippen molar-refractivity contribution < 1.29 is 23.2 Å². The fourth-order valence-electron chi connectivity index (χ4n) is 1.32. The zero-order valence-electron chi connectivity index (χ0n) is 9.35. The molecule has 0 aliphatic rings. The van der Waals surface area contributed by atoms with Gasteiger partial charge in [-0.1, -0.05) is 11.3 Å². The summed E-state index contributed by atoms with van der Waals surface area (Å²) in [5, 5.41) is 20.7. The predicted octanol–water partition coefficient (Wildman–Crippen LogP) is 2.01. The average molecular weight is 284 g/mol. The summed E-state index contributed by atoms with van der Waals surface area (Å²) in [6.45, 7) is -0.468. The van der Waals surface area contributed by atoms with Gasteiger partial charge in [0.1, 0.15) is 0 Å². The summed E-state index contributed by atoms with van der Waals surface area (Å²) in [4.78, 5) is 11.1. The number of rotatable bonds is 5. The molecule has 0 fully saturated rings. The number of likely N-dealkylation sites (N-methyl/N-ethyl adjacent to an activating group) is 1. The maximum atomic E-state index is 12.1. The molecule has 0 bridgehead atoms. The molecule has 1 unspecified atom stereocenters. The molecule has 9 heteroatoms. The Bertz CT molecular complexity index is 421. The number of nitro groups is 1. The number of aliphatic hydroxyl groups is 1. The fraction of sp³-hybridized carbons (Fsp3) is 0.556. The van der Waals surface area contributed by atoms with Gasteiger partial charge in [-0.2, -0.15) is 13.2 Å². The zero-order valence-corrected chi connectivity index (χ0v) is 10.2. The molecule has 1 heterocycles. The van der Waals surface area contributed by atoms with E-state index in [1.807, 2.05) is 0 Å². The lowest BCUT2D eigenvalue weighted by molar-refractivity contribution is -0.380. The van der Waals surface area contributed by atoms with Crippen molar-refractivity contribution in [3.63, 3.8) is 0 Å². The molecular weight excluding hydrogens is 273 g/mol. The van der Waals surface area contributed by atoms with Crippen LogP contribution in [0.25, 0.3) is 0 Å². The van der Waals surface area contributed by atoms with Crippen molar-refractivity contribution >= 4 is 16.3 Å². The Morgan fingerprint density at radius 2 is 2.22 bits per heavy atom. The van der Waals surface area contributed by atoms with Gasteiger partial charge in [0, 0.05) is 24.5 Å². The summed E-state index contributed by atoms with van der Waals surface area (Å²) in [7, 11) is 1.40. The van der Waals surface area contributed by atoms with Gasteiger partial charge in [0.2, 0.25) is 0 Å². The molecule has 0 amide bonds. The lowest BCUT2D eigenvalue weighted by Crippen LogP contribution is -2.39. The monoisotopic (exact) mass is 284 g/mol. The maximum Gasteiger partial charge on any atom is 0.415 e. The highest BCUT2D eigenvalue weighted by Crippen LogP contribution is 2.24. The van der Waals surface area contributed by atoms with Gasteiger partial charge in [-0.15, -0.1) is 0 Å². The van der Waals surface area contributed by atoms with E-state index in [1.54, 1.807) is 0 Å². The molecule has 0 aromatic carbocycles. The van der Waals surface area contributed by atoms with E-state index in [-0.39, 0.29) is 11.5 Å². The van der Waals surface area contributed by atoms with Crippen molar-refractivity contribution in [3.8, 4) is 0 Å². The van der Waals surface area contributed by atoms with E-state index < -0.39 is 23.7 Å². The third-order valence-electron chi connectivity index (χ3n) is 2.13. The van der Waals surface area contributed by atoms with Gasteiger partial charge in [-0.05, 0) is 12.6 Å². The van der Waals surface area contributed by atoms with Crippen LogP contribution in [0, 0.1) is 10.1 Å². The highest BCUT2D eigenvalue weighted by Gasteiger charge is 2.38. The molecule has 0 aliphatic heterocycles. The van der Waals surface area contributed by atoms with Gasteiger partial charge in [0.25, 0.3) is 0 Å². The van der Waals surface area contributed by atoms with Crippen LogP contribution in [-0.2, 0) is 6.54 Å². The topological polar surface area (TPSA) is 66.6 Å². The van der Waals surface area contributed by atoms with Crippen molar-refractivity contribution in [2.45, 2.75) is 18.8 Å². The Morgan fingerprint density at radius 1 is 1.61 bits per heavy atom. The highest BCUT2D eigenvalue weighted by molar-refractivity contribution is 7.13. The van der Waals surface area contributed by atoms with Crippen molar-refractivity contribution in [1.29, 1.82) is 0 Å². The molecule has 1 atom stereocenters. The van der Waals surface area contributed by atoms with E-state index >= 15 is 0 Å². The molecule has 1 aromatic heterocycles. The van der Waals surface area contributed by atoms with E-state index in [1.165, 1.54) is 23.4 Å². The van der Waals surface area contributed by atoms with Crippen molar-refractivity contribution in [3.05, 3.63) is 27.1 Å². The third-order valence-corrected chi connectivity index (χ3v) is 3.06. The Morgan fingerprint density at radius 3 is 2.67 bits per heavy atom. The normalized spacial score (nSPS) is 13.9. The van der Waals surface area contributed by atoms with E-state index in [0.29, 0.717) is 5.56 Å². The number of nitrogens with zero attached hydrogens (tertiary/aromatic N) is 2. The van der Waals surface area contributed by atoms with Gasteiger partial charge >= 0.3 is 11.2 Å². The lowest BCUT2D eigenvalue weighted by Gasteiger charge is -2.21. The Hall–Kier alpha value is -1.19. The Balaban J connectivity index is 2.54. The fourth-order valence-corrected chi connectivity index (χ4v) is 2.04. The van der Waals surface area contributed by atoms with Gasteiger partial charge in [0.15, 0.2) is 6.10 Å². The second-order valence-corrected chi connectivity index (χ2v) is 4.69. The number of hydrogen-bond acceptors (Lipinski definition) is 5. The molecule has 0 saturated carbocycles. The number of hydrogen-bond donors (Lipinski definition) is 1. The number of thiophene rings is 1. The maximum absolute atomic E-state index is 12.1. The van der Waals surface area contributed by atoms with Crippen LogP contribution in [0.5, 0.6) is 0 Å².